The van der Waals surface area contributed by atoms with Crippen LogP contribution in [0, 0.1) is 5.82 Å². The van der Waals surface area contributed by atoms with Crippen LogP contribution in [0.1, 0.15) is 12.0 Å². The monoisotopic (exact) mass is 279 g/mol. The molecular weight excluding hydrogens is 269 g/mol. The molecular formula is C12H10FN3O4. The number of primary amides is 1. The Morgan fingerprint density at radius 1 is 1.45 bits per heavy atom. The maximum absolute atomic E-state index is 13.4. The first-order chi connectivity index (χ1) is 9.42. The molecule has 8 heteroatoms. The number of amides is 4. The predicted octanol–water partition coefficient (Wildman–Crippen LogP) is -0.503. The van der Waals surface area contributed by atoms with Gasteiger partial charge in [0.2, 0.25) is 0 Å². The highest BCUT2D eigenvalue weighted by molar-refractivity contribution is 6.08. The van der Waals surface area contributed by atoms with Crippen molar-refractivity contribution in [1.82, 2.24) is 10.6 Å². The first-order valence-corrected chi connectivity index (χ1v) is 5.82. The molecule has 7 nitrogen and oxygen atoms in total. The molecule has 1 aromatic rings. The molecule has 0 bridgehead atoms. The van der Waals surface area contributed by atoms with E-state index in [1.54, 1.807) is 0 Å². The fraction of sp³-hybridized carbons (Fsp3) is 0.250. The van der Waals surface area contributed by atoms with E-state index in [0.29, 0.717) is 0 Å². The van der Waals surface area contributed by atoms with Crippen LogP contribution < -0.4 is 21.1 Å². The number of nitrogens with two attached hydrogens (primary N) is 1. The fourth-order valence-electron chi connectivity index (χ4n) is 2.51. The molecule has 0 saturated carbocycles. The van der Waals surface area contributed by atoms with E-state index in [9.17, 15) is 18.8 Å². The average molecular weight is 279 g/mol. The number of hydrogen-bond acceptors (Lipinski definition) is 4. The summed E-state index contributed by atoms with van der Waals surface area (Å²) in [6.07, 6.45) is -1.27. The van der Waals surface area contributed by atoms with Gasteiger partial charge in [0.1, 0.15) is 11.6 Å². The van der Waals surface area contributed by atoms with Crippen LogP contribution >= 0.6 is 0 Å². The zero-order chi connectivity index (χ0) is 14.5. The van der Waals surface area contributed by atoms with Crippen molar-refractivity contribution in [2.45, 2.75) is 18.1 Å². The molecule has 104 valence electrons. The summed E-state index contributed by atoms with van der Waals surface area (Å²) in [4.78, 5) is 34.8. The molecule has 3 rings (SSSR count). The molecule has 0 aliphatic carbocycles. The standard InChI is InChI=1S/C12H10FN3O4/c13-5-1-2-7-6(3-5)12(4-8(20-7)9(14)17)10(18)15-11(19)16-12/h1-3,8H,4H2,(H2,14,17)(H2,15,16,18,19)/t8?,12-/m0/s1. The third-order valence-electron chi connectivity index (χ3n) is 3.42. The molecule has 0 aromatic heterocycles. The van der Waals surface area contributed by atoms with Gasteiger partial charge in [-0.3, -0.25) is 14.9 Å². The Morgan fingerprint density at radius 3 is 2.80 bits per heavy atom. The average Bonchev–Trinajstić information content (AvgIpc) is 2.65. The molecule has 2 heterocycles. The summed E-state index contributed by atoms with van der Waals surface area (Å²) in [6.45, 7) is 0. The van der Waals surface area contributed by atoms with Crippen LogP contribution in [0.4, 0.5) is 9.18 Å². The van der Waals surface area contributed by atoms with Crippen molar-refractivity contribution in [3.05, 3.63) is 29.6 Å². The number of rotatable bonds is 1. The maximum atomic E-state index is 13.4. The topological polar surface area (TPSA) is 111 Å². The highest BCUT2D eigenvalue weighted by atomic mass is 19.1. The van der Waals surface area contributed by atoms with Crippen LogP contribution in [0.2, 0.25) is 0 Å². The van der Waals surface area contributed by atoms with Crippen molar-refractivity contribution in [1.29, 1.82) is 0 Å². The summed E-state index contributed by atoms with van der Waals surface area (Å²) >= 11 is 0. The lowest BCUT2D eigenvalue weighted by molar-refractivity contribution is -0.130. The van der Waals surface area contributed by atoms with Crippen molar-refractivity contribution in [2.75, 3.05) is 0 Å². The quantitative estimate of drug-likeness (QED) is 0.601. The van der Waals surface area contributed by atoms with Crippen LogP contribution in [-0.2, 0) is 15.1 Å². The zero-order valence-corrected chi connectivity index (χ0v) is 10.1. The van der Waals surface area contributed by atoms with Crippen molar-refractivity contribution in [3.8, 4) is 5.75 Å². The second kappa shape index (κ2) is 3.92. The van der Waals surface area contributed by atoms with Gasteiger partial charge in [0, 0.05) is 12.0 Å². The number of carbonyl (C=O) groups excluding carboxylic acids is 3. The number of imide groups is 1. The highest BCUT2D eigenvalue weighted by Crippen LogP contribution is 2.41. The molecule has 1 unspecified atom stereocenters. The fourth-order valence-corrected chi connectivity index (χ4v) is 2.51. The van der Waals surface area contributed by atoms with Crippen LogP contribution in [0.25, 0.3) is 0 Å². The lowest BCUT2D eigenvalue weighted by Gasteiger charge is -2.36. The smallest absolute Gasteiger partial charge is 0.322 e. The normalized spacial score (nSPS) is 27.6. The lowest BCUT2D eigenvalue weighted by atomic mass is 9.81. The number of fused-ring (bicyclic) bond motifs is 2. The van der Waals surface area contributed by atoms with Crippen molar-refractivity contribution in [3.63, 3.8) is 0 Å². The van der Waals surface area contributed by atoms with E-state index < -0.39 is 35.3 Å². The number of hydrogen-bond donors (Lipinski definition) is 3. The molecule has 2 aliphatic heterocycles. The molecule has 4 N–H and O–H groups in total. The second-order valence-electron chi connectivity index (χ2n) is 4.67. The number of ether oxygens (including phenoxy) is 1. The Hall–Kier alpha value is -2.64. The maximum Gasteiger partial charge on any atom is 0.322 e. The number of nitrogens with one attached hydrogen (secondary N) is 2. The van der Waals surface area contributed by atoms with Gasteiger partial charge in [0.25, 0.3) is 11.8 Å². The van der Waals surface area contributed by atoms with E-state index in [-0.39, 0.29) is 17.7 Å². The van der Waals surface area contributed by atoms with E-state index >= 15 is 0 Å². The molecule has 2 aliphatic rings. The molecule has 4 amide bonds. The third kappa shape index (κ3) is 1.61. The van der Waals surface area contributed by atoms with Gasteiger partial charge >= 0.3 is 6.03 Å². The van der Waals surface area contributed by atoms with Gasteiger partial charge in [-0.2, -0.15) is 0 Å². The number of halogens is 1. The van der Waals surface area contributed by atoms with Gasteiger partial charge in [-0.05, 0) is 18.2 Å². The minimum absolute atomic E-state index is 0.138. The Morgan fingerprint density at radius 2 is 2.20 bits per heavy atom. The Labute approximate surface area is 112 Å². The lowest BCUT2D eigenvalue weighted by Crippen LogP contribution is -2.53. The highest BCUT2D eigenvalue weighted by Gasteiger charge is 2.54. The van der Waals surface area contributed by atoms with Crippen LogP contribution in [0.5, 0.6) is 5.75 Å². The van der Waals surface area contributed by atoms with E-state index in [1.807, 2.05) is 0 Å². The summed E-state index contributed by atoms with van der Waals surface area (Å²) in [5.41, 5.74) is 3.83. The molecule has 1 aromatic carbocycles. The van der Waals surface area contributed by atoms with Crippen molar-refractivity contribution < 1.29 is 23.5 Å². The first kappa shape index (κ1) is 12.4. The predicted molar refractivity (Wildman–Crippen MR) is 63.0 cm³/mol. The first-order valence-electron chi connectivity index (χ1n) is 5.82. The summed E-state index contributed by atoms with van der Waals surface area (Å²) in [7, 11) is 0. The van der Waals surface area contributed by atoms with Gasteiger partial charge in [-0.25, -0.2) is 9.18 Å². The molecule has 2 atom stereocenters. The Bertz CT molecular complexity index is 648. The van der Waals surface area contributed by atoms with E-state index in [0.717, 1.165) is 12.1 Å². The zero-order valence-electron chi connectivity index (χ0n) is 10.1. The van der Waals surface area contributed by atoms with E-state index in [2.05, 4.69) is 10.6 Å². The number of carbonyl (C=O) groups is 3. The molecule has 1 saturated heterocycles. The number of urea groups is 1. The van der Waals surface area contributed by atoms with Gasteiger partial charge in [-0.1, -0.05) is 0 Å². The summed E-state index contributed by atoms with van der Waals surface area (Å²) in [5, 5.41) is 4.51. The second-order valence-corrected chi connectivity index (χ2v) is 4.67. The molecule has 1 spiro atoms. The largest absolute Gasteiger partial charge is 0.480 e. The Kier molecular flexibility index (Phi) is 2.43. The molecule has 1 fully saturated rings. The number of benzene rings is 1. The minimum atomic E-state index is -1.54. The summed E-state index contributed by atoms with van der Waals surface area (Å²) < 4.78 is 18.8. The SMILES string of the molecule is NC(=O)C1C[C@]2(NC(=O)NC2=O)c2cc(F)ccc2O1. The van der Waals surface area contributed by atoms with Crippen LogP contribution in [0.3, 0.4) is 0 Å². The van der Waals surface area contributed by atoms with Gasteiger partial charge in [0.05, 0.1) is 0 Å². The van der Waals surface area contributed by atoms with Gasteiger partial charge in [-0.15, -0.1) is 0 Å². The third-order valence-corrected chi connectivity index (χ3v) is 3.42. The Balaban J connectivity index is 2.18. The minimum Gasteiger partial charge on any atom is -0.480 e. The van der Waals surface area contributed by atoms with Crippen molar-refractivity contribution in [2.24, 2.45) is 5.73 Å². The van der Waals surface area contributed by atoms with E-state index in [1.165, 1.54) is 6.07 Å². The van der Waals surface area contributed by atoms with Crippen molar-refractivity contribution >= 4 is 17.8 Å². The van der Waals surface area contributed by atoms with E-state index in [4.69, 9.17) is 10.5 Å². The molecule has 20 heavy (non-hydrogen) atoms. The summed E-state index contributed by atoms with van der Waals surface area (Å²) in [6, 6.07) is 2.80. The van der Waals surface area contributed by atoms with Crippen LogP contribution in [-0.4, -0.2) is 23.9 Å². The molecule has 0 radical (unpaired) electrons. The van der Waals surface area contributed by atoms with Gasteiger partial charge < -0.3 is 15.8 Å². The summed E-state index contributed by atoms with van der Waals surface area (Å²) in [5.74, 6) is -1.88. The van der Waals surface area contributed by atoms with Crippen LogP contribution in [0.15, 0.2) is 18.2 Å². The van der Waals surface area contributed by atoms with Gasteiger partial charge in [0.15, 0.2) is 11.6 Å².